The number of carbonyl (C=O) groups is 1. The fourth-order valence-electron chi connectivity index (χ4n) is 3.78. The number of hydrogen-bond acceptors (Lipinski definition) is 5. The fraction of sp³-hybridized carbons (Fsp3) is 0.471. The average molecular weight is 346 g/mol. The van der Waals surface area contributed by atoms with Gasteiger partial charge in [-0.15, -0.1) is 11.3 Å². The molecule has 0 aromatic carbocycles. The molecule has 0 aliphatic carbocycles. The zero-order valence-electron chi connectivity index (χ0n) is 13.4. The first kappa shape index (κ1) is 15.7. The van der Waals surface area contributed by atoms with E-state index in [-0.39, 0.29) is 11.9 Å². The molecule has 5 heterocycles. The van der Waals surface area contributed by atoms with Gasteiger partial charge in [0.1, 0.15) is 9.88 Å². The standard InChI is InChI=1S/C17H19FN4OS/c1-10-15(11-4-6-22(10)7-5-11)21-16(23)13-9-20-17(24-13)12-2-3-14(18)19-8-12/h2-3,8-11,15H,4-7H2,1H3,(H,21,23)/t10-,15-/m0/s1. The van der Waals surface area contributed by atoms with E-state index in [9.17, 15) is 9.18 Å². The fourth-order valence-corrected chi connectivity index (χ4v) is 4.59. The Morgan fingerprint density at radius 2 is 2.08 bits per heavy atom. The zero-order valence-corrected chi connectivity index (χ0v) is 14.2. The van der Waals surface area contributed by atoms with Gasteiger partial charge in [-0.25, -0.2) is 9.97 Å². The summed E-state index contributed by atoms with van der Waals surface area (Å²) in [6.07, 6.45) is 5.34. The number of fused-ring (bicyclic) bond motifs is 3. The quantitative estimate of drug-likeness (QED) is 0.868. The maximum atomic E-state index is 12.9. The number of carbonyl (C=O) groups excluding carboxylic acids is 1. The molecule has 2 aromatic rings. The van der Waals surface area contributed by atoms with Gasteiger partial charge in [0.05, 0.1) is 6.20 Å². The highest BCUT2D eigenvalue weighted by molar-refractivity contribution is 7.16. The predicted molar refractivity (Wildman–Crippen MR) is 90.3 cm³/mol. The number of amides is 1. The molecule has 0 saturated carbocycles. The minimum atomic E-state index is -0.524. The highest BCUT2D eigenvalue weighted by Gasteiger charge is 2.40. The molecule has 7 heteroatoms. The van der Waals surface area contributed by atoms with E-state index in [1.807, 2.05) is 0 Å². The van der Waals surface area contributed by atoms with Gasteiger partial charge >= 0.3 is 0 Å². The van der Waals surface area contributed by atoms with Crippen molar-refractivity contribution in [2.24, 2.45) is 5.92 Å². The van der Waals surface area contributed by atoms with Crippen molar-refractivity contribution in [2.45, 2.75) is 31.8 Å². The van der Waals surface area contributed by atoms with Crippen molar-refractivity contribution in [3.63, 3.8) is 0 Å². The number of nitrogens with one attached hydrogen (secondary N) is 1. The molecule has 3 saturated heterocycles. The van der Waals surface area contributed by atoms with Gasteiger partial charge in [-0.1, -0.05) is 0 Å². The van der Waals surface area contributed by atoms with E-state index in [4.69, 9.17) is 0 Å². The van der Waals surface area contributed by atoms with Crippen LogP contribution in [0.2, 0.25) is 0 Å². The summed E-state index contributed by atoms with van der Waals surface area (Å²) >= 11 is 1.31. The van der Waals surface area contributed by atoms with Crippen LogP contribution < -0.4 is 5.32 Å². The molecule has 5 rings (SSSR count). The number of nitrogens with zero attached hydrogens (tertiary/aromatic N) is 3. The molecule has 2 aromatic heterocycles. The van der Waals surface area contributed by atoms with Crippen LogP contribution in [0.3, 0.4) is 0 Å². The molecule has 0 unspecified atom stereocenters. The second kappa shape index (κ2) is 6.22. The van der Waals surface area contributed by atoms with Crippen LogP contribution in [-0.4, -0.2) is 45.9 Å². The highest BCUT2D eigenvalue weighted by atomic mass is 32.1. The van der Waals surface area contributed by atoms with Gasteiger partial charge in [0, 0.05) is 23.8 Å². The Kier molecular flexibility index (Phi) is 4.05. The van der Waals surface area contributed by atoms with E-state index in [0.29, 0.717) is 21.8 Å². The largest absolute Gasteiger partial charge is 0.347 e. The summed E-state index contributed by atoms with van der Waals surface area (Å²) in [6.45, 7) is 4.47. The summed E-state index contributed by atoms with van der Waals surface area (Å²) < 4.78 is 12.9. The van der Waals surface area contributed by atoms with Gasteiger partial charge in [0.2, 0.25) is 5.95 Å². The van der Waals surface area contributed by atoms with Crippen LogP contribution in [0.5, 0.6) is 0 Å². The lowest BCUT2D eigenvalue weighted by Crippen LogP contribution is -2.62. The monoisotopic (exact) mass is 346 g/mol. The molecule has 126 valence electrons. The molecule has 5 nitrogen and oxygen atoms in total. The van der Waals surface area contributed by atoms with Gasteiger partial charge in [-0.2, -0.15) is 4.39 Å². The Balaban J connectivity index is 1.48. The first-order valence-electron chi connectivity index (χ1n) is 8.24. The van der Waals surface area contributed by atoms with Gasteiger partial charge in [0.25, 0.3) is 5.91 Å². The summed E-state index contributed by atoms with van der Waals surface area (Å²) in [5.41, 5.74) is 0.719. The number of hydrogen-bond donors (Lipinski definition) is 1. The molecule has 1 amide bonds. The third-order valence-corrected chi connectivity index (χ3v) is 6.22. The highest BCUT2D eigenvalue weighted by Crippen LogP contribution is 2.32. The van der Waals surface area contributed by atoms with Gasteiger partial charge in [-0.3, -0.25) is 9.69 Å². The molecule has 24 heavy (non-hydrogen) atoms. The Morgan fingerprint density at radius 3 is 2.75 bits per heavy atom. The smallest absolute Gasteiger partial charge is 0.263 e. The zero-order chi connectivity index (χ0) is 16.7. The lowest BCUT2D eigenvalue weighted by Gasteiger charge is -2.49. The third kappa shape index (κ3) is 2.82. The van der Waals surface area contributed by atoms with Crippen LogP contribution in [0, 0.1) is 11.9 Å². The lowest BCUT2D eigenvalue weighted by atomic mass is 9.79. The molecule has 2 atom stereocenters. The number of thiazole rings is 1. The van der Waals surface area contributed by atoms with E-state index < -0.39 is 5.95 Å². The maximum absolute atomic E-state index is 12.9. The van der Waals surface area contributed by atoms with Crippen LogP contribution in [0.1, 0.15) is 29.4 Å². The number of halogens is 1. The number of aromatic nitrogens is 2. The topological polar surface area (TPSA) is 58.1 Å². The molecule has 3 aliphatic rings. The minimum Gasteiger partial charge on any atom is -0.347 e. The summed E-state index contributed by atoms with van der Waals surface area (Å²) in [4.78, 5) is 23.5. The minimum absolute atomic E-state index is 0.0700. The Hall–Kier alpha value is -1.86. The molecular formula is C17H19FN4OS. The van der Waals surface area contributed by atoms with Gasteiger partial charge < -0.3 is 5.32 Å². The molecular weight excluding hydrogens is 327 g/mol. The van der Waals surface area contributed by atoms with Crippen molar-refractivity contribution in [3.8, 4) is 10.6 Å². The Morgan fingerprint density at radius 1 is 1.29 bits per heavy atom. The van der Waals surface area contributed by atoms with E-state index in [0.717, 1.165) is 31.5 Å². The van der Waals surface area contributed by atoms with Crippen molar-refractivity contribution >= 4 is 17.2 Å². The van der Waals surface area contributed by atoms with Gasteiger partial charge in [-0.05, 0) is 50.9 Å². The lowest BCUT2D eigenvalue weighted by molar-refractivity contribution is 0.0218. The summed E-state index contributed by atoms with van der Waals surface area (Å²) in [7, 11) is 0. The van der Waals surface area contributed by atoms with Crippen LogP contribution in [-0.2, 0) is 0 Å². The van der Waals surface area contributed by atoms with Crippen molar-refractivity contribution < 1.29 is 9.18 Å². The van der Waals surface area contributed by atoms with E-state index in [1.54, 1.807) is 12.3 Å². The summed E-state index contributed by atoms with van der Waals surface area (Å²) in [6, 6.07) is 3.51. The van der Waals surface area contributed by atoms with Crippen LogP contribution in [0.25, 0.3) is 10.6 Å². The SMILES string of the molecule is C[C@H]1[C@H](NC(=O)c2cnc(-c3ccc(F)nc3)s2)C2CCN1CC2. The van der Waals surface area contributed by atoms with Crippen LogP contribution in [0.15, 0.2) is 24.5 Å². The van der Waals surface area contributed by atoms with Crippen molar-refractivity contribution in [1.82, 2.24) is 20.2 Å². The second-order valence-corrected chi connectivity index (χ2v) is 7.54. The van der Waals surface area contributed by atoms with E-state index in [2.05, 4.69) is 27.1 Å². The first-order chi connectivity index (χ1) is 11.6. The van der Waals surface area contributed by atoms with Crippen molar-refractivity contribution in [3.05, 3.63) is 35.4 Å². The van der Waals surface area contributed by atoms with Crippen molar-refractivity contribution in [2.75, 3.05) is 13.1 Å². The molecule has 2 bridgehead atoms. The van der Waals surface area contributed by atoms with E-state index >= 15 is 0 Å². The van der Waals surface area contributed by atoms with E-state index in [1.165, 1.54) is 23.6 Å². The average Bonchev–Trinajstić information content (AvgIpc) is 3.09. The Labute approximate surface area is 143 Å². The maximum Gasteiger partial charge on any atom is 0.263 e. The summed E-state index contributed by atoms with van der Waals surface area (Å²) in [5.74, 6) is -0.0216. The van der Waals surface area contributed by atoms with Crippen LogP contribution in [0.4, 0.5) is 4.39 Å². The van der Waals surface area contributed by atoms with Gasteiger partial charge in [0.15, 0.2) is 0 Å². The Bertz CT molecular complexity index is 737. The predicted octanol–water partition coefficient (Wildman–Crippen LogP) is 2.56. The summed E-state index contributed by atoms with van der Waals surface area (Å²) in [5, 5.41) is 3.88. The first-order valence-corrected chi connectivity index (χ1v) is 9.06. The molecule has 0 radical (unpaired) electrons. The second-order valence-electron chi connectivity index (χ2n) is 6.51. The molecule has 3 fully saturated rings. The molecule has 1 N–H and O–H groups in total. The normalized spacial score (nSPS) is 28.8. The van der Waals surface area contributed by atoms with Crippen LogP contribution >= 0.6 is 11.3 Å². The third-order valence-electron chi connectivity index (χ3n) is 5.18. The number of pyridine rings is 1. The van der Waals surface area contributed by atoms with Crippen molar-refractivity contribution in [1.29, 1.82) is 0 Å². The molecule has 3 aliphatic heterocycles. The number of rotatable bonds is 3. The molecule has 0 spiro atoms. The number of piperidine rings is 3.